The molecule has 15 heavy (non-hydrogen) atoms. The standard InChI is InChI=1S/C14H19N/c1-4-5-12(2)6-7-13-8-10-14(15-3)11-9-13/h4-12,15H,1-3H3/b5-4-,7-6+. The van der Waals surface area contributed by atoms with Crippen molar-refractivity contribution >= 4 is 11.8 Å². The Bertz CT molecular complexity index is 333. The van der Waals surface area contributed by atoms with Crippen LogP contribution in [0, 0.1) is 5.92 Å². The molecule has 0 radical (unpaired) electrons. The quantitative estimate of drug-likeness (QED) is 0.727. The van der Waals surface area contributed by atoms with E-state index in [1.165, 1.54) is 5.56 Å². The van der Waals surface area contributed by atoms with Crippen LogP contribution in [0.15, 0.2) is 42.5 Å². The normalized spacial score (nSPS) is 13.5. The molecule has 0 aromatic heterocycles. The van der Waals surface area contributed by atoms with E-state index < -0.39 is 0 Å². The second-order valence-electron chi connectivity index (χ2n) is 3.62. The van der Waals surface area contributed by atoms with Gasteiger partial charge in [-0.05, 0) is 30.5 Å². The Kier molecular flexibility index (Phi) is 4.69. The minimum absolute atomic E-state index is 0.499. The topological polar surface area (TPSA) is 12.0 Å². The summed E-state index contributed by atoms with van der Waals surface area (Å²) in [5.41, 5.74) is 2.39. The van der Waals surface area contributed by atoms with Crippen molar-refractivity contribution in [1.29, 1.82) is 0 Å². The Labute approximate surface area is 92.5 Å². The van der Waals surface area contributed by atoms with Gasteiger partial charge in [-0.25, -0.2) is 0 Å². The maximum atomic E-state index is 3.10. The van der Waals surface area contributed by atoms with Crippen molar-refractivity contribution in [2.75, 3.05) is 12.4 Å². The van der Waals surface area contributed by atoms with Gasteiger partial charge < -0.3 is 5.32 Å². The zero-order valence-electron chi connectivity index (χ0n) is 9.70. The lowest BCUT2D eigenvalue weighted by Crippen LogP contribution is -1.86. The molecule has 0 fully saturated rings. The lowest BCUT2D eigenvalue weighted by atomic mass is 10.1. The second-order valence-corrected chi connectivity index (χ2v) is 3.62. The Balaban J connectivity index is 2.64. The van der Waals surface area contributed by atoms with E-state index in [1.54, 1.807) is 0 Å². The summed E-state index contributed by atoms with van der Waals surface area (Å²) in [4.78, 5) is 0. The molecule has 0 aliphatic rings. The van der Waals surface area contributed by atoms with E-state index in [2.05, 4.69) is 60.8 Å². The Morgan fingerprint density at radius 2 is 1.80 bits per heavy atom. The third-order valence-corrected chi connectivity index (χ3v) is 2.29. The van der Waals surface area contributed by atoms with E-state index >= 15 is 0 Å². The fourth-order valence-corrected chi connectivity index (χ4v) is 1.39. The highest BCUT2D eigenvalue weighted by Crippen LogP contribution is 2.11. The molecule has 1 aromatic carbocycles. The van der Waals surface area contributed by atoms with Crippen molar-refractivity contribution in [2.45, 2.75) is 13.8 Å². The van der Waals surface area contributed by atoms with Gasteiger partial charge in [-0.15, -0.1) is 0 Å². The molecule has 1 nitrogen and oxygen atoms in total. The Morgan fingerprint density at radius 3 is 2.33 bits per heavy atom. The van der Waals surface area contributed by atoms with Crippen LogP contribution >= 0.6 is 0 Å². The van der Waals surface area contributed by atoms with Crippen LogP contribution in [0.25, 0.3) is 6.08 Å². The second kappa shape index (κ2) is 6.07. The SMILES string of the molecule is C/C=C\C(C)/C=C/c1ccc(NC)cc1. The minimum Gasteiger partial charge on any atom is -0.388 e. The number of anilines is 1. The van der Waals surface area contributed by atoms with E-state index in [1.807, 2.05) is 14.0 Å². The zero-order valence-corrected chi connectivity index (χ0v) is 9.70. The van der Waals surface area contributed by atoms with Crippen LogP contribution in [0.2, 0.25) is 0 Å². The van der Waals surface area contributed by atoms with Crippen molar-refractivity contribution < 1.29 is 0 Å². The first kappa shape index (κ1) is 11.6. The van der Waals surface area contributed by atoms with Gasteiger partial charge in [-0.2, -0.15) is 0 Å². The van der Waals surface area contributed by atoms with Gasteiger partial charge in [0.25, 0.3) is 0 Å². The summed E-state index contributed by atoms with van der Waals surface area (Å²) < 4.78 is 0. The largest absolute Gasteiger partial charge is 0.388 e. The van der Waals surface area contributed by atoms with Gasteiger partial charge in [0.2, 0.25) is 0 Å². The van der Waals surface area contributed by atoms with E-state index in [0.29, 0.717) is 5.92 Å². The third-order valence-electron chi connectivity index (χ3n) is 2.29. The molecule has 1 rings (SSSR count). The highest BCUT2D eigenvalue weighted by atomic mass is 14.8. The summed E-state index contributed by atoms with van der Waals surface area (Å²) in [5, 5.41) is 3.10. The molecule has 1 atom stereocenters. The first-order chi connectivity index (χ1) is 7.26. The average Bonchev–Trinajstić information content (AvgIpc) is 2.27. The van der Waals surface area contributed by atoms with Crippen LogP contribution in [-0.2, 0) is 0 Å². The number of hydrogen-bond donors (Lipinski definition) is 1. The summed E-state index contributed by atoms with van der Waals surface area (Å²) in [7, 11) is 1.93. The van der Waals surface area contributed by atoms with Crippen molar-refractivity contribution in [3.63, 3.8) is 0 Å². The van der Waals surface area contributed by atoms with Gasteiger partial charge in [0.05, 0.1) is 0 Å². The summed E-state index contributed by atoms with van der Waals surface area (Å²) in [6.45, 7) is 4.23. The molecule has 1 unspecified atom stereocenters. The van der Waals surface area contributed by atoms with Crippen molar-refractivity contribution in [3.8, 4) is 0 Å². The Morgan fingerprint density at radius 1 is 1.13 bits per heavy atom. The number of hydrogen-bond acceptors (Lipinski definition) is 1. The van der Waals surface area contributed by atoms with Crippen molar-refractivity contribution in [1.82, 2.24) is 0 Å². The van der Waals surface area contributed by atoms with E-state index in [9.17, 15) is 0 Å². The molecule has 0 aliphatic carbocycles. The molecule has 0 bridgehead atoms. The van der Waals surface area contributed by atoms with Gasteiger partial charge in [0.1, 0.15) is 0 Å². The summed E-state index contributed by atoms with van der Waals surface area (Å²) in [6, 6.07) is 8.40. The molecule has 1 heteroatoms. The van der Waals surface area contributed by atoms with Crippen molar-refractivity contribution in [3.05, 3.63) is 48.1 Å². The highest BCUT2D eigenvalue weighted by molar-refractivity contribution is 5.55. The molecular formula is C14H19N. The monoisotopic (exact) mass is 201 g/mol. The van der Waals surface area contributed by atoms with Crippen LogP contribution in [0.1, 0.15) is 19.4 Å². The number of rotatable bonds is 4. The van der Waals surface area contributed by atoms with Crippen LogP contribution in [0.5, 0.6) is 0 Å². The molecule has 0 saturated carbocycles. The molecule has 80 valence electrons. The molecular weight excluding hydrogens is 182 g/mol. The van der Waals surface area contributed by atoms with Crippen LogP contribution < -0.4 is 5.32 Å². The van der Waals surface area contributed by atoms with Gasteiger partial charge in [0.15, 0.2) is 0 Å². The number of allylic oxidation sites excluding steroid dienone is 3. The molecule has 0 spiro atoms. The van der Waals surface area contributed by atoms with Gasteiger partial charge in [0, 0.05) is 12.7 Å². The zero-order chi connectivity index (χ0) is 11.1. The predicted octanol–water partition coefficient (Wildman–Crippen LogP) is 3.95. The molecule has 1 N–H and O–H groups in total. The van der Waals surface area contributed by atoms with E-state index in [0.717, 1.165) is 5.69 Å². The van der Waals surface area contributed by atoms with E-state index in [-0.39, 0.29) is 0 Å². The van der Waals surface area contributed by atoms with Crippen molar-refractivity contribution in [2.24, 2.45) is 5.92 Å². The molecule has 0 saturated heterocycles. The van der Waals surface area contributed by atoms with Gasteiger partial charge >= 0.3 is 0 Å². The summed E-state index contributed by atoms with van der Waals surface area (Å²) in [6.07, 6.45) is 8.62. The van der Waals surface area contributed by atoms with Gasteiger partial charge in [-0.3, -0.25) is 0 Å². The minimum atomic E-state index is 0.499. The number of benzene rings is 1. The van der Waals surface area contributed by atoms with Crippen LogP contribution in [-0.4, -0.2) is 7.05 Å². The average molecular weight is 201 g/mol. The fraction of sp³-hybridized carbons (Fsp3) is 0.286. The van der Waals surface area contributed by atoms with E-state index in [4.69, 9.17) is 0 Å². The summed E-state index contributed by atoms with van der Waals surface area (Å²) in [5.74, 6) is 0.499. The molecule has 0 heterocycles. The third kappa shape index (κ3) is 4.03. The lowest BCUT2D eigenvalue weighted by molar-refractivity contribution is 0.943. The molecule has 1 aromatic rings. The van der Waals surface area contributed by atoms with Crippen LogP contribution in [0.4, 0.5) is 5.69 Å². The Hall–Kier alpha value is -1.50. The first-order valence-corrected chi connectivity index (χ1v) is 5.35. The maximum absolute atomic E-state index is 3.10. The molecule has 0 aliphatic heterocycles. The summed E-state index contributed by atoms with van der Waals surface area (Å²) >= 11 is 0. The maximum Gasteiger partial charge on any atom is 0.0337 e. The number of nitrogens with one attached hydrogen (secondary N) is 1. The fourth-order valence-electron chi connectivity index (χ4n) is 1.39. The van der Waals surface area contributed by atoms with Crippen LogP contribution in [0.3, 0.4) is 0 Å². The lowest BCUT2D eigenvalue weighted by Gasteiger charge is -2.00. The predicted molar refractivity (Wildman–Crippen MR) is 69.0 cm³/mol. The first-order valence-electron chi connectivity index (χ1n) is 5.35. The molecule has 0 amide bonds. The highest BCUT2D eigenvalue weighted by Gasteiger charge is 1.90. The smallest absolute Gasteiger partial charge is 0.0337 e. The van der Waals surface area contributed by atoms with Gasteiger partial charge in [-0.1, -0.05) is 43.4 Å².